The molecule has 0 spiro atoms. The molecule has 0 aliphatic heterocycles. The summed E-state index contributed by atoms with van der Waals surface area (Å²) >= 11 is 1.54. The van der Waals surface area contributed by atoms with Crippen LogP contribution in [0.3, 0.4) is 0 Å². The fourth-order valence-corrected chi connectivity index (χ4v) is 3.82. The van der Waals surface area contributed by atoms with Crippen LogP contribution in [-0.2, 0) is 9.59 Å². The molecule has 6 heteroatoms. The van der Waals surface area contributed by atoms with Crippen LogP contribution in [0.2, 0.25) is 0 Å². The number of benzene rings is 1. The third-order valence-electron chi connectivity index (χ3n) is 4.64. The monoisotopic (exact) mass is 348 g/mol. The first-order valence-corrected chi connectivity index (χ1v) is 9.52. The van der Waals surface area contributed by atoms with E-state index in [1.807, 2.05) is 30.3 Å². The van der Waals surface area contributed by atoms with E-state index in [2.05, 4.69) is 10.2 Å². The minimum absolute atomic E-state index is 0.0549. The van der Waals surface area contributed by atoms with E-state index in [-0.39, 0.29) is 18.5 Å². The lowest BCUT2D eigenvalue weighted by molar-refractivity contribution is -0.140. The summed E-state index contributed by atoms with van der Waals surface area (Å²) in [6.07, 6.45) is 4.17. The number of nitrogens with one attached hydrogen (secondary N) is 1. The molecule has 24 heavy (non-hydrogen) atoms. The van der Waals surface area contributed by atoms with Crippen LogP contribution < -0.4 is 5.32 Å². The Morgan fingerprint density at radius 3 is 2.54 bits per heavy atom. The molecule has 0 radical (unpaired) electrons. The highest BCUT2D eigenvalue weighted by molar-refractivity contribution is 8.00. The van der Waals surface area contributed by atoms with Crippen molar-refractivity contribution in [1.82, 2.24) is 10.2 Å². The van der Waals surface area contributed by atoms with Crippen molar-refractivity contribution in [1.29, 1.82) is 0 Å². The molecule has 0 unspecified atom stereocenters. The van der Waals surface area contributed by atoms with Gasteiger partial charge >= 0.3 is 5.97 Å². The van der Waals surface area contributed by atoms with Gasteiger partial charge in [-0.05, 0) is 43.7 Å². The van der Waals surface area contributed by atoms with Crippen LogP contribution in [0, 0.1) is 5.92 Å². The van der Waals surface area contributed by atoms with Crippen molar-refractivity contribution in [3.8, 4) is 0 Å². The standard InChI is InChI=1S/C18H24N2O3S/c21-17(12-24-16-4-2-1-3-5-16)19-14-8-15(9-14)20(11-18(22)23)10-13-6-7-13/h1-5,13-15H,6-12H2,(H,19,21)(H,22,23). The topological polar surface area (TPSA) is 69.6 Å². The fraction of sp³-hybridized carbons (Fsp3) is 0.556. The molecule has 3 rings (SSSR count). The van der Waals surface area contributed by atoms with Crippen molar-refractivity contribution >= 4 is 23.6 Å². The highest BCUT2D eigenvalue weighted by atomic mass is 32.2. The van der Waals surface area contributed by atoms with Crippen LogP contribution in [0.25, 0.3) is 0 Å². The first-order valence-electron chi connectivity index (χ1n) is 8.53. The lowest BCUT2D eigenvalue weighted by Crippen LogP contribution is -2.55. The molecule has 0 heterocycles. The third kappa shape index (κ3) is 5.24. The fourth-order valence-electron chi connectivity index (χ4n) is 3.09. The summed E-state index contributed by atoms with van der Waals surface area (Å²) in [6, 6.07) is 10.4. The lowest BCUT2D eigenvalue weighted by Gasteiger charge is -2.42. The maximum absolute atomic E-state index is 12.0. The minimum Gasteiger partial charge on any atom is -0.480 e. The van der Waals surface area contributed by atoms with Crippen LogP contribution in [-0.4, -0.2) is 52.8 Å². The molecule has 0 atom stereocenters. The van der Waals surface area contributed by atoms with Gasteiger partial charge in [0.25, 0.3) is 0 Å². The molecule has 1 amide bonds. The number of nitrogens with zero attached hydrogens (tertiary/aromatic N) is 1. The summed E-state index contributed by atoms with van der Waals surface area (Å²) in [5.74, 6) is 0.397. The zero-order valence-corrected chi connectivity index (χ0v) is 14.5. The number of aliphatic carboxylic acids is 1. The van der Waals surface area contributed by atoms with E-state index in [9.17, 15) is 9.59 Å². The quantitative estimate of drug-likeness (QED) is 0.670. The number of carboxylic acids is 1. The van der Waals surface area contributed by atoms with E-state index in [0.717, 1.165) is 24.3 Å². The number of carbonyl (C=O) groups excluding carboxylic acids is 1. The maximum Gasteiger partial charge on any atom is 0.317 e. The summed E-state index contributed by atoms with van der Waals surface area (Å²) in [5.41, 5.74) is 0. The van der Waals surface area contributed by atoms with E-state index in [4.69, 9.17) is 5.11 Å². The summed E-state index contributed by atoms with van der Waals surface area (Å²) in [6.45, 7) is 1.01. The Morgan fingerprint density at radius 2 is 1.92 bits per heavy atom. The molecule has 0 saturated heterocycles. The molecule has 0 aromatic heterocycles. The maximum atomic E-state index is 12.0. The number of amides is 1. The third-order valence-corrected chi connectivity index (χ3v) is 5.65. The van der Waals surface area contributed by atoms with Crippen molar-refractivity contribution in [2.45, 2.75) is 42.7 Å². The number of carbonyl (C=O) groups is 2. The molecule has 1 aromatic carbocycles. The predicted octanol–water partition coefficient (Wildman–Crippen LogP) is 2.22. The molecule has 2 saturated carbocycles. The molecule has 130 valence electrons. The lowest BCUT2D eigenvalue weighted by atomic mass is 9.85. The second kappa shape index (κ2) is 8.03. The van der Waals surface area contributed by atoms with Crippen molar-refractivity contribution in [2.75, 3.05) is 18.8 Å². The van der Waals surface area contributed by atoms with E-state index < -0.39 is 5.97 Å². The van der Waals surface area contributed by atoms with E-state index in [0.29, 0.717) is 17.7 Å². The SMILES string of the molecule is O=C(O)CN(CC1CC1)C1CC(NC(=O)CSc2ccccc2)C1. The predicted molar refractivity (Wildman–Crippen MR) is 94.1 cm³/mol. The second-order valence-electron chi connectivity index (χ2n) is 6.76. The molecule has 2 aliphatic carbocycles. The van der Waals surface area contributed by atoms with Crippen LogP contribution in [0.1, 0.15) is 25.7 Å². The molecular weight excluding hydrogens is 324 g/mol. The Morgan fingerprint density at radius 1 is 1.21 bits per heavy atom. The molecule has 2 aliphatic rings. The summed E-state index contributed by atoms with van der Waals surface area (Å²) in [5, 5.41) is 12.1. The van der Waals surface area contributed by atoms with Gasteiger partial charge < -0.3 is 10.4 Å². The van der Waals surface area contributed by atoms with Gasteiger partial charge in [-0.25, -0.2) is 0 Å². The zero-order valence-electron chi connectivity index (χ0n) is 13.7. The number of hydrogen-bond donors (Lipinski definition) is 2. The van der Waals surface area contributed by atoms with E-state index in [1.165, 1.54) is 24.6 Å². The first-order chi connectivity index (χ1) is 11.6. The van der Waals surface area contributed by atoms with Crippen molar-refractivity contribution in [3.05, 3.63) is 30.3 Å². The van der Waals surface area contributed by atoms with Gasteiger partial charge in [0, 0.05) is 23.5 Å². The number of rotatable bonds is 9. The van der Waals surface area contributed by atoms with E-state index in [1.54, 1.807) is 0 Å². The van der Waals surface area contributed by atoms with Crippen molar-refractivity contribution in [2.24, 2.45) is 5.92 Å². The average molecular weight is 348 g/mol. The average Bonchev–Trinajstić information content (AvgIpc) is 3.32. The highest BCUT2D eigenvalue weighted by Crippen LogP contribution is 2.33. The van der Waals surface area contributed by atoms with Gasteiger partial charge in [-0.2, -0.15) is 0 Å². The summed E-state index contributed by atoms with van der Waals surface area (Å²) < 4.78 is 0. The smallest absolute Gasteiger partial charge is 0.317 e. The molecule has 0 bridgehead atoms. The normalized spacial score (nSPS) is 22.9. The molecular formula is C18H24N2O3S. The Kier molecular flexibility index (Phi) is 5.79. The van der Waals surface area contributed by atoms with E-state index >= 15 is 0 Å². The highest BCUT2D eigenvalue weighted by Gasteiger charge is 2.37. The van der Waals surface area contributed by atoms with Gasteiger partial charge in [0.15, 0.2) is 0 Å². The Labute approximate surface area is 146 Å². The van der Waals surface area contributed by atoms with Gasteiger partial charge in [-0.3, -0.25) is 14.5 Å². The Balaban J connectivity index is 1.37. The molecule has 5 nitrogen and oxygen atoms in total. The number of thioether (sulfide) groups is 1. The summed E-state index contributed by atoms with van der Waals surface area (Å²) in [7, 11) is 0. The van der Waals surface area contributed by atoms with Crippen LogP contribution in [0.4, 0.5) is 0 Å². The van der Waals surface area contributed by atoms with Crippen molar-refractivity contribution < 1.29 is 14.7 Å². The van der Waals surface area contributed by atoms with Gasteiger partial charge in [0.05, 0.1) is 12.3 Å². The Bertz CT molecular complexity index is 571. The molecule has 2 N–H and O–H groups in total. The zero-order chi connectivity index (χ0) is 16.9. The molecule has 1 aromatic rings. The van der Waals surface area contributed by atoms with Crippen LogP contribution >= 0.6 is 11.8 Å². The minimum atomic E-state index is -0.762. The first kappa shape index (κ1) is 17.3. The summed E-state index contributed by atoms with van der Waals surface area (Å²) in [4.78, 5) is 26.2. The second-order valence-corrected chi connectivity index (χ2v) is 7.81. The van der Waals surface area contributed by atoms with Gasteiger partial charge in [-0.1, -0.05) is 18.2 Å². The van der Waals surface area contributed by atoms with Crippen LogP contribution in [0.5, 0.6) is 0 Å². The largest absolute Gasteiger partial charge is 0.480 e. The van der Waals surface area contributed by atoms with Crippen molar-refractivity contribution in [3.63, 3.8) is 0 Å². The number of hydrogen-bond acceptors (Lipinski definition) is 4. The Hall–Kier alpha value is -1.53. The van der Waals surface area contributed by atoms with Gasteiger partial charge in [0.1, 0.15) is 0 Å². The van der Waals surface area contributed by atoms with Gasteiger partial charge in [0.2, 0.25) is 5.91 Å². The van der Waals surface area contributed by atoms with Crippen LogP contribution in [0.15, 0.2) is 35.2 Å². The molecule has 2 fully saturated rings. The van der Waals surface area contributed by atoms with Gasteiger partial charge in [-0.15, -0.1) is 11.8 Å². The number of carboxylic acid groups (broad SMARTS) is 1.